The maximum absolute atomic E-state index is 5.35. The average Bonchev–Trinajstić information content (AvgIpc) is 2.30. The first kappa shape index (κ1) is 11.8. The summed E-state index contributed by atoms with van der Waals surface area (Å²) in [6.45, 7) is 5.15. The summed E-state index contributed by atoms with van der Waals surface area (Å²) < 4.78 is 5.35. The number of hydrogen-bond acceptors (Lipinski definition) is 1. The second-order valence-electron chi connectivity index (χ2n) is 3.62. The van der Waals surface area contributed by atoms with Crippen molar-refractivity contribution in [3.63, 3.8) is 0 Å². The lowest BCUT2D eigenvalue weighted by Crippen LogP contribution is -1.85. The fourth-order valence-corrected chi connectivity index (χ4v) is 1.29. The van der Waals surface area contributed by atoms with Crippen molar-refractivity contribution in [3.05, 3.63) is 41.7 Å². The summed E-state index contributed by atoms with van der Waals surface area (Å²) in [6.07, 6.45) is 7.20. The second-order valence-corrected chi connectivity index (χ2v) is 3.62. The van der Waals surface area contributed by atoms with Crippen LogP contribution in [0.4, 0.5) is 0 Å². The highest BCUT2D eigenvalue weighted by Crippen LogP contribution is 2.06. The van der Waals surface area contributed by atoms with Crippen molar-refractivity contribution in [1.82, 2.24) is 0 Å². The molecule has 0 radical (unpaired) electrons. The molecule has 1 aromatic rings. The molecular formula is C14H20O. The quantitative estimate of drug-likeness (QED) is 0.502. The molecule has 0 N–H and O–H groups in total. The zero-order valence-electron chi connectivity index (χ0n) is 9.70. The summed E-state index contributed by atoms with van der Waals surface area (Å²) in [4.78, 5) is 0. The molecule has 1 rings (SSSR count). The smallest absolute Gasteiger partial charge is 0.0873 e. The van der Waals surface area contributed by atoms with Crippen molar-refractivity contribution in [2.24, 2.45) is 0 Å². The molecule has 15 heavy (non-hydrogen) atoms. The highest BCUT2D eigenvalue weighted by molar-refractivity contribution is 5.48. The molecule has 0 amide bonds. The van der Waals surface area contributed by atoms with Crippen LogP contribution in [-0.4, -0.2) is 6.61 Å². The van der Waals surface area contributed by atoms with Gasteiger partial charge in [-0.15, -0.1) is 0 Å². The number of benzene rings is 1. The summed E-state index contributed by atoms with van der Waals surface area (Å²) in [5.41, 5.74) is 2.57. The van der Waals surface area contributed by atoms with E-state index in [9.17, 15) is 0 Å². The van der Waals surface area contributed by atoms with Crippen molar-refractivity contribution >= 4 is 6.08 Å². The third-order valence-corrected chi connectivity index (χ3v) is 2.36. The molecule has 0 aliphatic heterocycles. The molecule has 0 aromatic heterocycles. The molecule has 0 spiro atoms. The van der Waals surface area contributed by atoms with E-state index in [0.29, 0.717) is 0 Å². The van der Waals surface area contributed by atoms with Gasteiger partial charge in [-0.25, -0.2) is 0 Å². The lowest BCUT2D eigenvalue weighted by molar-refractivity contribution is 0.246. The normalized spacial score (nSPS) is 10.8. The first-order valence-corrected chi connectivity index (χ1v) is 5.74. The maximum Gasteiger partial charge on any atom is 0.0873 e. The molecule has 0 unspecified atom stereocenters. The zero-order chi connectivity index (χ0) is 10.9. The highest BCUT2D eigenvalue weighted by Gasteiger charge is 1.88. The summed E-state index contributed by atoms with van der Waals surface area (Å²) >= 11 is 0. The largest absolute Gasteiger partial charge is 0.501 e. The Morgan fingerprint density at radius 1 is 1.13 bits per heavy atom. The molecule has 1 aromatic carbocycles. The SMILES string of the molecule is CCCCOC=Cc1ccc(CC)cc1. The molecule has 0 heterocycles. The molecule has 0 saturated heterocycles. The predicted octanol–water partition coefficient (Wildman–Crippen LogP) is 4.04. The van der Waals surface area contributed by atoms with Crippen LogP contribution in [0.3, 0.4) is 0 Å². The van der Waals surface area contributed by atoms with E-state index in [1.165, 1.54) is 17.5 Å². The Balaban J connectivity index is 2.36. The minimum Gasteiger partial charge on any atom is -0.501 e. The molecular weight excluding hydrogens is 184 g/mol. The number of aryl methyl sites for hydroxylation is 1. The van der Waals surface area contributed by atoms with Gasteiger partial charge < -0.3 is 4.74 Å². The lowest BCUT2D eigenvalue weighted by atomic mass is 10.1. The van der Waals surface area contributed by atoms with Gasteiger partial charge in [0.1, 0.15) is 0 Å². The molecule has 0 fully saturated rings. The number of rotatable bonds is 6. The molecule has 0 atom stereocenters. The van der Waals surface area contributed by atoms with Crippen LogP contribution in [0.2, 0.25) is 0 Å². The third kappa shape index (κ3) is 4.68. The van der Waals surface area contributed by atoms with E-state index < -0.39 is 0 Å². The van der Waals surface area contributed by atoms with E-state index in [0.717, 1.165) is 19.4 Å². The molecule has 0 bridgehead atoms. The van der Waals surface area contributed by atoms with Crippen LogP contribution in [0.25, 0.3) is 6.08 Å². The Morgan fingerprint density at radius 3 is 2.47 bits per heavy atom. The van der Waals surface area contributed by atoms with Crippen LogP contribution in [0.5, 0.6) is 0 Å². The van der Waals surface area contributed by atoms with Crippen LogP contribution < -0.4 is 0 Å². The summed E-state index contributed by atoms with van der Waals surface area (Å²) in [5, 5.41) is 0. The van der Waals surface area contributed by atoms with E-state index in [4.69, 9.17) is 4.74 Å². The summed E-state index contributed by atoms with van der Waals surface area (Å²) in [7, 11) is 0. The van der Waals surface area contributed by atoms with Crippen molar-refractivity contribution in [2.45, 2.75) is 33.1 Å². The van der Waals surface area contributed by atoms with Gasteiger partial charge in [-0.2, -0.15) is 0 Å². The number of ether oxygens (including phenoxy) is 1. The fourth-order valence-electron chi connectivity index (χ4n) is 1.29. The van der Waals surface area contributed by atoms with Crippen LogP contribution in [0, 0.1) is 0 Å². The molecule has 1 nitrogen and oxygen atoms in total. The maximum atomic E-state index is 5.35. The van der Waals surface area contributed by atoms with Crippen LogP contribution in [-0.2, 0) is 11.2 Å². The van der Waals surface area contributed by atoms with Gasteiger partial charge in [0, 0.05) is 0 Å². The Kier molecular flexibility index (Phi) is 5.60. The van der Waals surface area contributed by atoms with E-state index in [2.05, 4.69) is 38.1 Å². The minimum atomic E-state index is 0.819. The summed E-state index contributed by atoms with van der Waals surface area (Å²) in [6, 6.07) is 8.56. The Morgan fingerprint density at radius 2 is 1.87 bits per heavy atom. The van der Waals surface area contributed by atoms with E-state index in [1.807, 2.05) is 6.08 Å². The van der Waals surface area contributed by atoms with Crippen molar-refractivity contribution < 1.29 is 4.74 Å². The van der Waals surface area contributed by atoms with E-state index >= 15 is 0 Å². The van der Waals surface area contributed by atoms with Gasteiger partial charge in [-0.05, 0) is 30.0 Å². The standard InChI is InChI=1S/C14H20O/c1-3-5-11-15-12-10-14-8-6-13(4-2)7-9-14/h6-10,12H,3-5,11H2,1-2H3. The van der Waals surface area contributed by atoms with Crippen molar-refractivity contribution in [1.29, 1.82) is 0 Å². The molecule has 0 saturated carbocycles. The molecule has 82 valence electrons. The van der Waals surface area contributed by atoms with Gasteiger partial charge in [0.05, 0.1) is 12.9 Å². The lowest BCUT2D eigenvalue weighted by Gasteiger charge is -1.99. The monoisotopic (exact) mass is 204 g/mol. The summed E-state index contributed by atoms with van der Waals surface area (Å²) in [5.74, 6) is 0. The fraction of sp³-hybridized carbons (Fsp3) is 0.429. The third-order valence-electron chi connectivity index (χ3n) is 2.36. The van der Waals surface area contributed by atoms with Gasteiger partial charge in [0.25, 0.3) is 0 Å². The molecule has 0 aliphatic carbocycles. The Labute approximate surface area is 92.8 Å². The average molecular weight is 204 g/mol. The van der Waals surface area contributed by atoms with Gasteiger partial charge in [0.2, 0.25) is 0 Å². The Hall–Kier alpha value is -1.24. The van der Waals surface area contributed by atoms with Crippen LogP contribution in [0.1, 0.15) is 37.8 Å². The van der Waals surface area contributed by atoms with Gasteiger partial charge in [0.15, 0.2) is 0 Å². The molecule has 1 heteroatoms. The first-order valence-electron chi connectivity index (χ1n) is 5.74. The van der Waals surface area contributed by atoms with Crippen LogP contribution in [0.15, 0.2) is 30.5 Å². The van der Waals surface area contributed by atoms with Crippen molar-refractivity contribution in [3.8, 4) is 0 Å². The van der Waals surface area contributed by atoms with E-state index in [1.54, 1.807) is 6.26 Å². The first-order chi connectivity index (χ1) is 7.36. The van der Waals surface area contributed by atoms with Crippen LogP contribution >= 0.6 is 0 Å². The zero-order valence-corrected chi connectivity index (χ0v) is 9.70. The van der Waals surface area contributed by atoms with Crippen molar-refractivity contribution in [2.75, 3.05) is 6.61 Å². The van der Waals surface area contributed by atoms with Gasteiger partial charge >= 0.3 is 0 Å². The van der Waals surface area contributed by atoms with Gasteiger partial charge in [-0.3, -0.25) is 0 Å². The van der Waals surface area contributed by atoms with Gasteiger partial charge in [-0.1, -0.05) is 44.5 Å². The minimum absolute atomic E-state index is 0.819. The number of unbranched alkanes of at least 4 members (excludes halogenated alkanes) is 1. The highest BCUT2D eigenvalue weighted by atomic mass is 16.5. The van der Waals surface area contributed by atoms with E-state index in [-0.39, 0.29) is 0 Å². The Bertz CT molecular complexity index is 285. The molecule has 0 aliphatic rings. The predicted molar refractivity (Wildman–Crippen MR) is 65.7 cm³/mol. The topological polar surface area (TPSA) is 9.23 Å². The number of hydrogen-bond donors (Lipinski definition) is 0. The second kappa shape index (κ2) is 7.10.